The van der Waals surface area contributed by atoms with E-state index in [4.69, 9.17) is 0 Å². The molecule has 0 radical (unpaired) electrons. The summed E-state index contributed by atoms with van der Waals surface area (Å²) in [5.41, 5.74) is 0. The number of unbranched alkanes of at least 4 members (excludes halogenated alkanes) is 27. The van der Waals surface area contributed by atoms with Gasteiger partial charge in [0.25, 0.3) is 0 Å². The standard InChI is InChI=1S/C45H95N2/c1-6-11-16-21-26-32-39-46(40-33-27-22-17-12-7-2)41-34-31-38-45-47(42-35-28-23-18-13-8-3,43-36-29-24-19-14-9-4)44-37-30-25-20-15-10-5/h6-45H2,1-5H3/q+1. The van der Waals surface area contributed by atoms with Gasteiger partial charge in [-0.25, -0.2) is 0 Å². The minimum absolute atomic E-state index is 1.36. The third-order valence-corrected chi connectivity index (χ3v) is 11.2. The minimum atomic E-state index is 1.36. The van der Waals surface area contributed by atoms with Crippen LogP contribution in [0.15, 0.2) is 0 Å². The lowest BCUT2D eigenvalue weighted by molar-refractivity contribution is -0.929. The number of quaternary nitrogens is 1. The monoisotopic (exact) mass is 664 g/mol. The van der Waals surface area contributed by atoms with E-state index in [-0.39, 0.29) is 0 Å². The van der Waals surface area contributed by atoms with Crippen LogP contribution in [-0.2, 0) is 0 Å². The van der Waals surface area contributed by atoms with Gasteiger partial charge in [0, 0.05) is 0 Å². The molecule has 0 aliphatic heterocycles. The molecule has 0 atom stereocenters. The van der Waals surface area contributed by atoms with Gasteiger partial charge in [-0.2, -0.15) is 0 Å². The maximum atomic E-state index is 2.88. The summed E-state index contributed by atoms with van der Waals surface area (Å²) in [5, 5.41) is 0. The van der Waals surface area contributed by atoms with Gasteiger partial charge in [-0.05, 0) is 90.3 Å². The molecule has 0 N–H and O–H groups in total. The van der Waals surface area contributed by atoms with Crippen molar-refractivity contribution in [2.24, 2.45) is 0 Å². The highest BCUT2D eigenvalue weighted by Gasteiger charge is 2.26. The molecule has 0 aliphatic carbocycles. The van der Waals surface area contributed by atoms with Crippen LogP contribution in [0.2, 0.25) is 0 Å². The van der Waals surface area contributed by atoms with Crippen LogP contribution in [0.1, 0.15) is 247 Å². The van der Waals surface area contributed by atoms with Crippen molar-refractivity contribution in [1.29, 1.82) is 0 Å². The van der Waals surface area contributed by atoms with E-state index in [0.717, 1.165) is 0 Å². The smallest absolute Gasteiger partial charge is 0.0786 e. The average Bonchev–Trinajstić information content (AvgIpc) is 3.08. The fourth-order valence-corrected chi connectivity index (χ4v) is 7.88. The first-order valence-electron chi connectivity index (χ1n) is 22.7. The Kier molecular flexibility index (Phi) is 38.7. The highest BCUT2D eigenvalue weighted by molar-refractivity contribution is 4.61. The van der Waals surface area contributed by atoms with Gasteiger partial charge in [0.15, 0.2) is 0 Å². The van der Waals surface area contributed by atoms with Gasteiger partial charge in [0.2, 0.25) is 0 Å². The lowest BCUT2D eigenvalue weighted by Gasteiger charge is -2.40. The summed E-state index contributed by atoms with van der Waals surface area (Å²) in [6.45, 7) is 21.7. The minimum Gasteiger partial charge on any atom is -0.324 e. The third kappa shape index (κ3) is 32.9. The van der Waals surface area contributed by atoms with Crippen molar-refractivity contribution in [2.45, 2.75) is 247 Å². The molecule has 0 aromatic carbocycles. The largest absolute Gasteiger partial charge is 0.324 e. The zero-order valence-corrected chi connectivity index (χ0v) is 34.2. The molecule has 284 valence electrons. The van der Waals surface area contributed by atoms with Crippen LogP contribution in [0.25, 0.3) is 0 Å². The van der Waals surface area contributed by atoms with Crippen LogP contribution in [0.5, 0.6) is 0 Å². The van der Waals surface area contributed by atoms with E-state index in [0.29, 0.717) is 0 Å². The van der Waals surface area contributed by atoms with Gasteiger partial charge in [-0.1, -0.05) is 176 Å². The fourth-order valence-electron chi connectivity index (χ4n) is 7.88. The van der Waals surface area contributed by atoms with E-state index >= 15 is 0 Å². The van der Waals surface area contributed by atoms with Gasteiger partial charge in [0.05, 0.1) is 26.2 Å². The second-order valence-electron chi connectivity index (χ2n) is 16.0. The van der Waals surface area contributed by atoms with Crippen LogP contribution < -0.4 is 0 Å². The first kappa shape index (κ1) is 46.9. The number of nitrogens with zero attached hydrogens (tertiary/aromatic N) is 2. The Bertz CT molecular complexity index is 503. The molecule has 0 aromatic rings. The number of hydrogen-bond acceptors (Lipinski definition) is 1. The first-order valence-corrected chi connectivity index (χ1v) is 22.7. The highest BCUT2D eigenvalue weighted by Crippen LogP contribution is 2.21. The van der Waals surface area contributed by atoms with Crippen LogP contribution in [0.4, 0.5) is 0 Å². The zero-order valence-electron chi connectivity index (χ0n) is 34.2. The summed E-state index contributed by atoms with van der Waals surface area (Å²) >= 11 is 0. The van der Waals surface area contributed by atoms with E-state index in [2.05, 4.69) is 39.5 Å². The van der Waals surface area contributed by atoms with Crippen LogP contribution in [0, 0.1) is 0 Å². The van der Waals surface area contributed by atoms with Crippen LogP contribution in [-0.4, -0.2) is 55.2 Å². The molecule has 0 aromatic heterocycles. The maximum Gasteiger partial charge on any atom is 0.0786 e. The second-order valence-corrected chi connectivity index (χ2v) is 16.0. The number of rotatable bonds is 41. The summed E-state index contributed by atoms with van der Waals surface area (Å²) in [4.78, 5) is 2.88. The predicted octanol–water partition coefficient (Wildman–Crippen LogP) is 15.1. The van der Waals surface area contributed by atoms with E-state index in [1.807, 2.05) is 0 Å². The molecule has 2 heteroatoms. The van der Waals surface area contributed by atoms with Crippen molar-refractivity contribution in [1.82, 2.24) is 4.90 Å². The topological polar surface area (TPSA) is 3.24 Å². The molecule has 0 bridgehead atoms. The Morgan fingerprint density at radius 1 is 0.234 bits per heavy atom. The fraction of sp³-hybridized carbons (Fsp3) is 1.00. The Hall–Kier alpha value is -0.0800. The van der Waals surface area contributed by atoms with E-state index in [9.17, 15) is 0 Å². The van der Waals surface area contributed by atoms with Crippen molar-refractivity contribution in [2.75, 3.05) is 45.8 Å². The molecule has 0 spiro atoms. The van der Waals surface area contributed by atoms with Gasteiger partial charge in [0.1, 0.15) is 0 Å². The van der Waals surface area contributed by atoms with Crippen molar-refractivity contribution in [3.05, 3.63) is 0 Å². The Morgan fingerprint density at radius 2 is 0.426 bits per heavy atom. The lowest BCUT2D eigenvalue weighted by Crippen LogP contribution is -2.50. The molecule has 0 heterocycles. The Balaban J connectivity index is 5.07. The van der Waals surface area contributed by atoms with E-state index in [1.54, 1.807) is 0 Å². The van der Waals surface area contributed by atoms with Crippen LogP contribution in [0.3, 0.4) is 0 Å². The molecule has 0 amide bonds. The summed E-state index contributed by atoms with van der Waals surface area (Å²) < 4.78 is 1.47. The molecule has 0 aliphatic rings. The molecule has 0 rings (SSSR count). The highest BCUT2D eigenvalue weighted by atomic mass is 15.3. The summed E-state index contributed by atoms with van der Waals surface area (Å²) in [5.74, 6) is 0. The Morgan fingerprint density at radius 3 is 0.681 bits per heavy atom. The molecular formula is C45H95N2+. The molecule has 0 fully saturated rings. The molecule has 0 unspecified atom stereocenters. The normalized spacial score (nSPS) is 12.1. The third-order valence-electron chi connectivity index (χ3n) is 11.2. The number of hydrogen-bond donors (Lipinski definition) is 0. The molecule has 2 nitrogen and oxygen atoms in total. The average molecular weight is 664 g/mol. The molecule has 47 heavy (non-hydrogen) atoms. The van der Waals surface area contributed by atoms with Gasteiger partial charge < -0.3 is 9.38 Å². The second kappa shape index (κ2) is 38.7. The SMILES string of the molecule is CCCCCCCCN(CCCCCCCC)CCCCC[N+](CCCCCCCC)(CCCCCCCC)CCCCCCCC. The summed E-state index contributed by atoms with van der Waals surface area (Å²) in [6.07, 6.45) is 47.5. The van der Waals surface area contributed by atoms with E-state index < -0.39 is 0 Å². The van der Waals surface area contributed by atoms with Crippen LogP contribution >= 0.6 is 0 Å². The van der Waals surface area contributed by atoms with Crippen molar-refractivity contribution >= 4 is 0 Å². The maximum absolute atomic E-state index is 2.88. The first-order chi connectivity index (χ1) is 23.2. The van der Waals surface area contributed by atoms with Gasteiger partial charge in [-0.15, -0.1) is 0 Å². The molecular weight excluding hydrogens is 569 g/mol. The quantitative estimate of drug-likeness (QED) is 0.0465. The molecule has 0 saturated carbocycles. The Labute approximate surface area is 301 Å². The summed E-state index contributed by atoms with van der Waals surface area (Å²) in [7, 11) is 0. The summed E-state index contributed by atoms with van der Waals surface area (Å²) in [6, 6.07) is 0. The van der Waals surface area contributed by atoms with Gasteiger partial charge in [-0.3, -0.25) is 0 Å². The predicted molar refractivity (Wildman–Crippen MR) is 217 cm³/mol. The van der Waals surface area contributed by atoms with Crippen molar-refractivity contribution in [3.63, 3.8) is 0 Å². The van der Waals surface area contributed by atoms with E-state index in [1.165, 1.54) is 262 Å². The zero-order chi connectivity index (χ0) is 34.4. The van der Waals surface area contributed by atoms with Crippen molar-refractivity contribution in [3.8, 4) is 0 Å². The molecule has 0 saturated heterocycles. The van der Waals surface area contributed by atoms with Gasteiger partial charge >= 0.3 is 0 Å². The van der Waals surface area contributed by atoms with Crippen molar-refractivity contribution < 1.29 is 4.48 Å². The lowest BCUT2D eigenvalue weighted by atomic mass is 10.0.